The van der Waals surface area contributed by atoms with Crippen molar-refractivity contribution >= 4 is 15.8 Å². The molecule has 0 aliphatic carbocycles. The van der Waals surface area contributed by atoms with Crippen LogP contribution in [0.3, 0.4) is 0 Å². The predicted molar refractivity (Wildman–Crippen MR) is 73.1 cm³/mol. The summed E-state index contributed by atoms with van der Waals surface area (Å²) < 4.78 is 26.3. The van der Waals surface area contributed by atoms with E-state index >= 15 is 0 Å². The Balaban J connectivity index is 1.98. The van der Waals surface area contributed by atoms with Crippen LogP contribution in [0.25, 0.3) is 0 Å². The lowest BCUT2D eigenvalue weighted by molar-refractivity contribution is 0.582. The number of aromatic amines is 1. The minimum Gasteiger partial charge on any atom is -0.383 e. The summed E-state index contributed by atoms with van der Waals surface area (Å²) in [6.07, 6.45) is 1.82. The second-order valence-corrected chi connectivity index (χ2v) is 6.02. The molecule has 1 heterocycles. The van der Waals surface area contributed by atoms with Crippen molar-refractivity contribution in [1.82, 2.24) is 14.9 Å². The smallest absolute Gasteiger partial charge is 0.245 e. The zero-order valence-corrected chi connectivity index (χ0v) is 11.4. The van der Waals surface area contributed by atoms with Crippen LogP contribution in [0.2, 0.25) is 0 Å². The van der Waals surface area contributed by atoms with Crippen molar-refractivity contribution in [3.63, 3.8) is 0 Å². The highest BCUT2D eigenvalue weighted by molar-refractivity contribution is 7.89. The number of hydrogen-bond acceptors (Lipinski definition) is 4. The molecule has 0 aliphatic rings. The molecule has 102 valence electrons. The summed E-state index contributed by atoms with van der Waals surface area (Å²) in [5, 5.41) is 6.00. The number of sulfonamides is 1. The van der Waals surface area contributed by atoms with Gasteiger partial charge >= 0.3 is 0 Å². The molecule has 0 saturated heterocycles. The third-order valence-corrected chi connectivity index (χ3v) is 4.20. The first-order valence-electron chi connectivity index (χ1n) is 5.83. The van der Waals surface area contributed by atoms with Gasteiger partial charge in [-0.3, -0.25) is 5.10 Å². The molecule has 2 rings (SSSR count). The Morgan fingerprint density at radius 2 is 2.21 bits per heavy atom. The van der Waals surface area contributed by atoms with Gasteiger partial charge in [0.05, 0.1) is 6.20 Å². The number of nitrogens with zero attached hydrogens (tertiary/aromatic N) is 1. The fourth-order valence-corrected chi connectivity index (χ4v) is 2.83. The molecule has 0 bridgehead atoms. The highest BCUT2D eigenvalue weighted by Gasteiger charge is 2.18. The molecule has 0 fully saturated rings. The molecule has 0 saturated carbocycles. The minimum atomic E-state index is -3.60. The summed E-state index contributed by atoms with van der Waals surface area (Å²) in [5.74, 6) is 0.0445. The molecule has 0 atom stereocenters. The van der Waals surface area contributed by atoms with E-state index in [1.807, 2.05) is 31.2 Å². The maximum absolute atomic E-state index is 11.9. The van der Waals surface area contributed by atoms with Gasteiger partial charge in [0.15, 0.2) is 0 Å². The highest BCUT2D eigenvalue weighted by Crippen LogP contribution is 2.13. The fourth-order valence-electron chi connectivity index (χ4n) is 1.77. The molecular weight excluding hydrogens is 264 g/mol. The van der Waals surface area contributed by atoms with Crippen LogP contribution in [0.1, 0.15) is 11.1 Å². The third kappa shape index (κ3) is 3.33. The largest absolute Gasteiger partial charge is 0.383 e. The van der Waals surface area contributed by atoms with E-state index in [4.69, 9.17) is 5.73 Å². The first-order chi connectivity index (χ1) is 8.99. The average molecular weight is 280 g/mol. The van der Waals surface area contributed by atoms with Gasteiger partial charge in [-0.05, 0) is 18.9 Å². The van der Waals surface area contributed by atoms with E-state index in [1.54, 1.807) is 0 Å². The third-order valence-electron chi connectivity index (χ3n) is 2.71. The number of rotatable bonds is 5. The monoisotopic (exact) mass is 280 g/mol. The Morgan fingerprint density at radius 3 is 2.84 bits per heavy atom. The highest BCUT2D eigenvalue weighted by atomic mass is 32.2. The molecule has 0 spiro atoms. The summed E-state index contributed by atoms with van der Waals surface area (Å²) in [4.78, 5) is -0.0169. The van der Waals surface area contributed by atoms with Crippen LogP contribution in [0.15, 0.2) is 35.4 Å². The minimum absolute atomic E-state index is 0.0169. The number of H-pyrrole nitrogens is 1. The maximum Gasteiger partial charge on any atom is 0.245 e. The van der Waals surface area contributed by atoms with Gasteiger partial charge in [-0.15, -0.1) is 0 Å². The SMILES string of the molecule is Cc1cccc(CCNS(=O)(=O)c2cn[nH]c2N)c1. The van der Waals surface area contributed by atoms with E-state index in [1.165, 1.54) is 6.20 Å². The van der Waals surface area contributed by atoms with Gasteiger partial charge in [0.1, 0.15) is 10.7 Å². The second kappa shape index (κ2) is 5.41. The molecule has 0 unspecified atom stereocenters. The lowest BCUT2D eigenvalue weighted by Gasteiger charge is -2.06. The van der Waals surface area contributed by atoms with Crippen molar-refractivity contribution in [3.8, 4) is 0 Å². The van der Waals surface area contributed by atoms with Crippen LogP contribution in [-0.2, 0) is 16.4 Å². The van der Waals surface area contributed by atoms with E-state index < -0.39 is 10.0 Å². The molecule has 19 heavy (non-hydrogen) atoms. The topological polar surface area (TPSA) is 101 Å². The van der Waals surface area contributed by atoms with Gasteiger partial charge in [0.25, 0.3) is 0 Å². The number of nitrogens with two attached hydrogens (primary N) is 1. The van der Waals surface area contributed by atoms with Crippen LogP contribution in [0.5, 0.6) is 0 Å². The summed E-state index contributed by atoms with van der Waals surface area (Å²) in [5.41, 5.74) is 7.73. The van der Waals surface area contributed by atoms with Gasteiger partial charge in [0.2, 0.25) is 10.0 Å². The van der Waals surface area contributed by atoms with Crippen LogP contribution in [0, 0.1) is 6.92 Å². The van der Waals surface area contributed by atoms with E-state index in [2.05, 4.69) is 14.9 Å². The van der Waals surface area contributed by atoms with Gasteiger partial charge in [-0.25, -0.2) is 13.1 Å². The Bertz CT molecular complexity index is 664. The fraction of sp³-hybridized carbons (Fsp3) is 0.250. The number of benzene rings is 1. The zero-order chi connectivity index (χ0) is 13.9. The summed E-state index contributed by atoms with van der Waals surface area (Å²) >= 11 is 0. The number of nitrogens with one attached hydrogen (secondary N) is 2. The predicted octanol–water partition coefficient (Wildman–Crippen LogP) is 0.821. The van der Waals surface area contributed by atoms with Crippen molar-refractivity contribution < 1.29 is 8.42 Å². The molecule has 4 N–H and O–H groups in total. The molecule has 2 aromatic rings. The van der Waals surface area contributed by atoms with E-state index in [0.717, 1.165) is 11.1 Å². The Hall–Kier alpha value is -1.86. The Kier molecular flexibility index (Phi) is 3.87. The van der Waals surface area contributed by atoms with Crippen molar-refractivity contribution in [2.24, 2.45) is 0 Å². The quantitative estimate of drug-likeness (QED) is 0.754. The molecule has 0 amide bonds. The number of aryl methyl sites for hydroxylation is 1. The van der Waals surface area contributed by atoms with E-state index in [0.29, 0.717) is 13.0 Å². The van der Waals surface area contributed by atoms with Gasteiger partial charge in [-0.1, -0.05) is 29.8 Å². The lowest BCUT2D eigenvalue weighted by Crippen LogP contribution is -2.26. The van der Waals surface area contributed by atoms with Crippen molar-refractivity contribution in [2.45, 2.75) is 18.2 Å². The van der Waals surface area contributed by atoms with Gasteiger partial charge in [-0.2, -0.15) is 5.10 Å². The summed E-state index contributed by atoms with van der Waals surface area (Å²) in [7, 11) is -3.60. The number of hydrogen-bond donors (Lipinski definition) is 3. The average Bonchev–Trinajstić information content (AvgIpc) is 2.76. The van der Waals surface area contributed by atoms with Crippen LogP contribution in [0.4, 0.5) is 5.82 Å². The lowest BCUT2D eigenvalue weighted by atomic mass is 10.1. The standard InChI is InChI=1S/C12H16N4O2S/c1-9-3-2-4-10(7-9)5-6-15-19(17,18)11-8-14-16-12(11)13/h2-4,7-8,15H,5-6H2,1H3,(H3,13,14,16). The molecule has 0 radical (unpaired) electrons. The normalized spacial score (nSPS) is 11.6. The van der Waals surface area contributed by atoms with E-state index in [9.17, 15) is 8.42 Å². The van der Waals surface area contributed by atoms with Gasteiger partial charge in [0, 0.05) is 6.54 Å². The number of aromatic nitrogens is 2. The summed E-state index contributed by atoms with van der Waals surface area (Å²) in [6, 6.07) is 7.95. The molecule has 7 heteroatoms. The van der Waals surface area contributed by atoms with Crippen LogP contribution < -0.4 is 10.5 Å². The van der Waals surface area contributed by atoms with Crippen molar-refractivity contribution in [2.75, 3.05) is 12.3 Å². The number of nitrogen functional groups attached to an aromatic ring is 1. The Labute approximate surface area is 112 Å². The molecule has 6 nitrogen and oxygen atoms in total. The molecule has 1 aromatic carbocycles. The van der Waals surface area contributed by atoms with Crippen LogP contribution >= 0.6 is 0 Å². The van der Waals surface area contributed by atoms with Crippen molar-refractivity contribution in [1.29, 1.82) is 0 Å². The first kappa shape index (κ1) is 13.6. The van der Waals surface area contributed by atoms with Crippen LogP contribution in [-0.4, -0.2) is 25.2 Å². The number of anilines is 1. The van der Waals surface area contributed by atoms with E-state index in [-0.39, 0.29) is 10.7 Å². The zero-order valence-electron chi connectivity index (χ0n) is 10.6. The maximum atomic E-state index is 11.9. The van der Waals surface area contributed by atoms with Crippen molar-refractivity contribution in [3.05, 3.63) is 41.6 Å². The Morgan fingerprint density at radius 1 is 1.42 bits per heavy atom. The summed E-state index contributed by atoms with van der Waals surface area (Å²) in [6.45, 7) is 2.32. The van der Waals surface area contributed by atoms with Gasteiger partial charge < -0.3 is 5.73 Å². The second-order valence-electron chi connectivity index (χ2n) is 4.28. The molecular formula is C12H16N4O2S. The molecule has 1 aromatic heterocycles. The molecule has 0 aliphatic heterocycles. The first-order valence-corrected chi connectivity index (χ1v) is 7.31.